The summed E-state index contributed by atoms with van der Waals surface area (Å²) in [5.74, 6) is 2.50. The van der Waals surface area contributed by atoms with Crippen molar-refractivity contribution in [3.8, 4) is 11.5 Å². The average molecular weight is 461 g/mol. The van der Waals surface area contributed by atoms with Crippen LogP contribution in [0.4, 0.5) is 5.69 Å². The molecule has 1 aromatic heterocycles. The third-order valence-corrected chi connectivity index (χ3v) is 7.47. The van der Waals surface area contributed by atoms with Crippen LogP contribution in [0.1, 0.15) is 38.5 Å². The minimum absolute atomic E-state index is 0.0992. The first kappa shape index (κ1) is 18.9. The van der Waals surface area contributed by atoms with E-state index in [-0.39, 0.29) is 16.9 Å². The number of halogens is 1. The summed E-state index contributed by atoms with van der Waals surface area (Å²) in [5.41, 5.74) is 0.286. The second kappa shape index (κ2) is 6.72. The van der Waals surface area contributed by atoms with Crippen molar-refractivity contribution >= 4 is 27.5 Å². The van der Waals surface area contributed by atoms with Crippen LogP contribution in [-0.2, 0) is 10.3 Å². The molecular formula is C21H25BrN4O3. The van der Waals surface area contributed by atoms with Gasteiger partial charge in [0.15, 0.2) is 11.5 Å². The lowest BCUT2D eigenvalue weighted by molar-refractivity contribution is -0.150. The normalized spacial score (nSPS) is 32.2. The molecule has 1 aromatic carbocycles. The number of ether oxygens (including phenoxy) is 2. The van der Waals surface area contributed by atoms with E-state index in [2.05, 4.69) is 31.3 Å². The monoisotopic (exact) mass is 460 g/mol. The van der Waals surface area contributed by atoms with Crippen LogP contribution in [0.5, 0.6) is 11.5 Å². The fourth-order valence-corrected chi connectivity index (χ4v) is 6.66. The maximum atomic E-state index is 13.6. The van der Waals surface area contributed by atoms with E-state index in [0.717, 1.165) is 37.8 Å². The van der Waals surface area contributed by atoms with Crippen LogP contribution >= 0.6 is 15.9 Å². The van der Waals surface area contributed by atoms with Gasteiger partial charge in [0, 0.05) is 11.8 Å². The molecule has 4 fully saturated rings. The van der Waals surface area contributed by atoms with Gasteiger partial charge in [-0.15, -0.1) is 5.10 Å². The summed E-state index contributed by atoms with van der Waals surface area (Å²) in [6, 6.07) is 5.51. The molecule has 7 nitrogen and oxygen atoms in total. The fraction of sp³-hybridized carbons (Fsp3) is 0.571. The van der Waals surface area contributed by atoms with Crippen LogP contribution < -0.4 is 14.8 Å². The molecule has 4 atom stereocenters. The lowest BCUT2D eigenvalue weighted by atomic mass is 9.46. The number of hydrogen-bond donors (Lipinski definition) is 1. The van der Waals surface area contributed by atoms with Crippen LogP contribution in [0.25, 0.3) is 0 Å². The first-order valence-corrected chi connectivity index (χ1v) is 10.9. The molecule has 0 radical (unpaired) electrons. The van der Waals surface area contributed by atoms with Gasteiger partial charge in [-0.1, -0.05) is 0 Å². The molecule has 0 saturated heterocycles. The maximum Gasteiger partial charge on any atom is 0.230 e. The standard InChI is InChI=1S/C21H25BrN4O3/c1-28-16-4-3-15(6-17(16)29-2)24-18(27)20-7-13-5-14(8-20)10-21(9-13,11-20)26-12-23-19(22)25-26/h3-4,6,12-14H,5,7-11H2,1-2H3,(H,24,27)/t13-,14+,20?,21?. The first-order valence-electron chi connectivity index (χ1n) is 10.1. The summed E-state index contributed by atoms with van der Waals surface area (Å²) in [6.07, 6.45) is 7.96. The van der Waals surface area contributed by atoms with Crippen molar-refractivity contribution in [2.24, 2.45) is 17.3 Å². The van der Waals surface area contributed by atoms with E-state index in [1.54, 1.807) is 14.2 Å². The molecule has 2 aromatic rings. The number of carbonyl (C=O) groups excluding carboxylic acids is 1. The SMILES string of the molecule is COc1ccc(NC(=O)C23C[C@H]4C[C@@H](C2)CC(n2cnc(Br)n2)(C4)C3)cc1OC. The smallest absolute Gasteiger partial charge is 0.230 e. The van der Waals surface area contributed by atoms with Gasteiger partial charge in [-0.3, -0.25) is 4.79 Å². The van der Waals surface area contributed by atoms with E-state index < -0.39 is 0 Å². The molecule has 1 amide bonds. The van der Waals surface area contributed by atoms with Crippen molar-refractivity contribution in [3.63, 3.8) is 0 Å². The molecule has 2 unspecified atom stereocenters. The second-order valence-electron chi connectivity index (χ2n) is 8.95. The van der Waals surface area contributed by atoms with Crippen LogP contribution in [0, 0.1) is 17.3 Å². The van der Waals surface area contributed by atoms with Crippen molar-refractivity contribution in [1.82, 2.24) is 14.8 Å². The third-order valence-electron chi connectivity index (χ3n) is 7.10. The summed E-state index contributed by atoms with van der Waals surface area (Å²) in [5, 5.41) is 7.75. The van der Waals surface area contributed by atoms with Crippen molar-refractivity contribution in [2.75, 3.05) is 19.5 Å². The molecule has 4 bridgehead atoms. The zero-order chi connectivity index (χ0) is 20.2. The van der Waals surface area contributed by atoms with Crippen LogP contribution in [0.2, 0.25) is 0 Å². The Labute approximate surface area is 178 Å². The Hall–Kier alpha value is -2.09. The molecule has 154 valence electrons. The maximum absolute atomic E-state index is 13.6. The van der Waals surface area contributed by atoms with E-state index in [4.69, 9.17) is 9.47 Å². The summed E-state index contributed by atoms with van der Waals surface area (Å²) >= 11 is 3.38. The van der Waals surface area contributed by atoms with Crippen LogP contribution in [0.15, 0.2) is 29.3 Å². The number of amides is 1. The molecule has 0 aliphatic heterocycles. The van der Waals surface area contributed by atoms with Gasteiger partial charge in [-0.2, -0.15) is 0 Å². The Morgan fingerprint density at radius 3 is 2.52 bits per heavy atom. The molecule has 29 heavy (non-hydrogen) atoms. The van der Waals surface area contributed by atoms with Gasteiger partial charge in [0.05, 0.1) is 25.2 Å². The van der Waals surface area contributed by atoms with Crippen molar-refractivity contribution in [3.05, 3.63) is 29.3 Å². The van der Waals surface area contributed by atoms with E-state index in [1.807, 2.05) is 29.2 Å². The minimum atomic E-state index is -0.352. The molecule has 4 aliphatic carbocycles. The van der Waals surface area contributed by atoms with Crippen LogP contribution in [0.3, 0.4) is 0 Å². The number of hydrogen-bond acceptors (Lipinski definition) is 5. The Balaban J connectivity index is 1.44. The first-order chi connectivity index (χ1) is 13.9. The van der Waals surface area contributed by atoms with Gasteiger partial charge >= 0.3 is 0 Å². The highest BCUT2D eigenvalue weighted by atomic mass is 79.9. The number of anilines is 1. The Kier molecular flexibility index (Phi) is 4.38. The minimum Gasteiger partial charge on any atom is -0.493 e. The second-order valence-corrected chi connectivity index (χ2v) is 9.66. The van der Waals surface area contributed by atoms with E-state index in [1.165, 1.54) is 6.42 Å². The lowest BCUT2D eigenvalue weighted by Gasteiger charge is -2.60. The van der Waals surface area contributed by atoms with E-state index in [0.29, 0.717) is 28.1 Å². The number of methoxy groups -OCH3 is 2. The number of carbonyl (C=O) groups is 1. The van der Waals surface area contributed by atoms with E-state index >= 15 is 0 Å². The summed E-state index contributed by atoms with van der Waals surface area (Å²) in [4.78, 5) is 17.8. The summed E-state index contributed by atoms with van der Waals surface area (Å²) in [6.45, 7) is 0. The molecule has 0 spiro atoms. The highest BCUT2D eigenvalue weighted by Crippen LogP contribution is 2.64. The molecule has 1 heterocycles. The molecule has 8 heteroatoms. The number of nitrogens with zero attached hydrogens (tertiary/aromatic N) is 3. The third kappa shape index (κ3) is 3.03. The van der Waals surface area contributed by atoms with Gasteiger partial charge < -0.3 is 14.8 Å². The average Bonchev–Trinajstić information content (AvgIpc) is 3.14. The Morgan fingerprint density at radius 1 is 1.17 bits per heavy atom. The van der Waals surface area contributed by atoms with Crippen molar-refractivity contribution in [2.45, 2.75) is 44.1 Å². The predicted molar refractivity (Wildman–Crippen MR) is 111 cm³/mol. The fourth-order valence-electron chi connectivity index (χ4n) is 6.40. The Bertz CT molecular complexity index is 945. The van der Waals surface area contributed by atoms with Crippen molar-refractivity contribution < 1.29 is 14.3 Å². The van der Waals surface area contributed by atoms with Gasteiger partial charge in [0.25, 0.3) is 0 Å². The number of aromatic nitrogens is 3. The largest absolute Gasteiger partial charge is 0.493 e. The molecule has 4 saturated carbocycles. The molecule has 1 N–H and O–H groups in total. The predicted octanol–water partition coefficient (Wildman–Crippen LogP) is 3.99. The lowest BCUT2D eigenvalue weighted by Crippen LogP contribution is -2.60. The highest BCUT2D eigenvalue weighted by molar-refractivity contribution is 9.10. The van der Waals surface area contributed by atoms with Gasteiger partial charge in [0.1, 0.15) is 6.33 Å². The van der Waals surface area contributed by atoms with Gasteiger partial charge in [-0.25, -0.2) is 9.67 Å². The zero-order valence-electron chi connectivity index (χ0n) is 16.7. The van der Waals surface area contributed by atoms with Crippen LogP contribution in [-0.4, -0.2) is 34.9 Å². The Morgan fingerprint density at radius 2 is 1.90 bits per heavy atom. The topological polar surface area (TPSA) is 78.3 Å². The quantitative estimate of drug-likeness (QED) is 0.729. The van der Waals surface area contributed by atoms with Gasteiger partial charge in [0.2, 0.25) is 10.6 Å². The number of nitrogens with one attached hydrogen (secondary N) is 1. The molecular weight excluding hydrogens is 436 g/mol. The summed E-state index contributed by atoms with van der Waals surface area (Å²) < 4.78 is 13.3. The summed E-state index contributed by atoms with van der Waals surface area (Å²) in [7, 11) is 3.20. The zero-order valence-corrected chi connectivity index (χ0v) is 18.2. The number of rotatable bonds is 5. The van der Waals surface area contributed by atoms with Gasteiger partial charge in [-0.05, 0) is 78.4 Å². The van der Waals surface area contributed by atoms with E-state index in [9.17, 15) is 4.79 Å². The molecule has 4 aliphatic rings. The molecule has 6 rings (SSSR count). The highest BCUT2D eigenvalue weighted by Gasteiger charge is 2.61. The van der Waals surface area contributed by atoms with Crippen molar-refractivity contribution in [1.29, 1.82) is 0 Å². The number of benzene rings is 1.